The van der Waals surface area contributed by atoms with E-state index in [-0.39, 0.29) is 23.3 Å². The van der Waals surface area contributed by atoms with Gasteiger partial charge in [-0.05, 0) is 36.8 Å². The average molecular weight is 413 g/mol. The Hall–Kier alpha value is -3.97. The Labute approximate surface area is 177 Å². The van der Waals surface area contributed by atoms with Gasteiger partial charge in [-0.25, -0.2) is 9.67 Å². The van der Waals surface area contributed by atoms with Gasteiger partial charge in [-0.1, -0.05) is 30.3 Å². The van der Waals surface area contributed by atoms with Crippen molar-refractivity contribution in [3.05, 3.63) is 82.3 Å². The molecule has 0 radical (unpaired) electrons. The number of hydrogen-bond acceptors (Lipinski definition) is 6. The number of aliphatic hydroxyl groups excluding tert-OH is 1. The van der Waals surface area contributed by atoms with Crippen molar-refractivity contribution in [2.75, 3.05) is 7.11 Å². The Kier molecular flexibility index (Phi) is 4.52. The van der Waals surface area contributed by atoms with E-state index in [4.69, 9.17) is 14.3 Å². The average Bonchev–Trinajstić information content (AvgIpc) is 3.14. The lowest BCUT2D eigenvalue weighted by atomic mass is 10.0. The van der Waals surface area contributed by atoms with Crippen LogP contribution < -0.4 is 10.2 Å². The summed E-state index contributed by atoms with van der Waals surface area (Å²) in [6, 6.07) is 18.4. The standard InChI is InChI=1S/C24H19N3O4/c1-14-20-21(15-8-10-17(30-2)11-9-15)23-22(19(29)12-18(13-28)31-23)25-24(20)27(26-14)16-6-4-3-5-7-16/h3-12,28H,13H2,1-2H3. The minimum atomic E-state index is -0.381. The molecule has 2 aromatic carbocycles. The number of pyridine rings is 1. The number of para-hydroxylation sites is 1. The van der Waals surface area contributed by atoms with Crippen LogP contribution in [0.1, 0.15) is 11.5 Å². The van der Waals surface area contributed by atoms with Gasteiger partial charge in [0.05, 0.1) is 23.9 Å². The smallest absolute Gasteiger partial charge is 0.211 e. The third-order valence-corrected chi connectivity index (χ3v) is 5.24. The van der Waals surface area contributed by atoms with Crippen molar-refractivity contribution in [2.45, 2.75) is 13.5 Å². The molecule has 5 aromatic rings. The highest BCUT2D eigenvalue weighted by atomic mass is 16.5. The molecule has 0 saturated heterocycles. The number of methoxy groups -OCH3 is 1. The van der Waals surface area contributed by atoms with Crippen molar-refractivity contribution in [2.24, 2.45) is 0 Å². The van der Waals surface area contributed by atoms with Crippen LogP contribution in [0.3, 0.4) is 0 Å². The largest absolute Gasteiger partial charge is 0.497 e. The quantitative estimate of drug-likeness (QED) is 0.479. The van der Waals surface area contributed by atoms with Gasteiger partial charge in [-0.2, -0.15) is 5.10 Å². The number of benzene rings is 2. The van der Waals surface area contributed by atoms with Gasteiger partial charge in [-0.3, -0.25) is 4.79 Å². The molecule has 0 saturated carbocycles. The van der Waals surface area contributed by atoms with Crippen molar-refractivity contribution < 1.29 is 14.3 Å². The van der Waals surface area contributed by atoms with E-state index in [9.17, 15) is 9.90 Å². The highest BCUT2D eigenvalue weighted by molar-refractivity contribution is 6.07. The summed E-state index contributed by atoms with van der Waals surface area (Å²) >= 11 is 0. The predicted molar refractivity (Wildman–Crippen MR) is 118 cm³/mol. The zero-order chi connectivity index (χ0) is 21.5. The van der Waals surface area contributed by atoms with E-state index in [2.05, 4.69) is 4.98 Å². The molecule has 0 aliphatic rings. The number of fused-ring (bicyclic) bond motifs is 2. The fourth-order valence-electron chi connectivity index (χ4n) is 3.80. The van der Waals surface area contributed by atoms with Crippen molar-refractivity contribution >= 4 is 22.1 Å². The maximum atomic E-state index is 12.9. The van der Waals surface area contributed by atoms with Crippen molar-refractivity contribution in [1.82, 2.24) is 14.8 Å². The summed E-state index contributed by atoms with van der Waals surface area (Å²) in [6.07, 6.45) is 0. The van der Waals surface area contributed by atoms with Gasteiger partial charge >= 0.3 is 0 Å². The number of ether oxygens (including phenoxy) is 1. The molecule has 0 aliphatic carbocycles. The lowest BCUT2D eigenvalue weighted by Gasteiger charge is -2.10. The van der Waals surface area contributed by atoms with Crippen LogP contribution in [0.15, 0.2) is 69.9 Å². The third kappa shape index (κ3) is 3.06. The van der Waals surface area contributed by atoms with Gasteiger partial charge in [0.25, 0.3) is 0 Å². The highest BCUT2D eigenvalue weighted by Gasteiger charge is 2.22. The lowest BCUT2D eigenvalue weighted by Crippen LogP contribution is -2.07. The minimum absolute atomic E-state index is 0.182. The van der Waals surface area contributed by atoms with Crippen molar-refractivity contribution in [1.29, 1.82) is 0 Å². The van der Waals surface area contributed by atoms with E-state index >= 15 is 0 Å². The van der Waals surface area contributed by atoms with E-state index in [1.807, 2.05) is 61.5 Å². The van der Waals surface area contributed by atoms with Crippen LogP contribution in [0.2, 0.25) is 0 Å². The zero-order valence-electron chi connectivity index (χ0n) is 17.0. The molecule has 0 atom stereocenters. The first-order chi connectivity index (χ1) is 15.1. The molecule has 0 unspecified atom stereocenters. The molecule has 7 nitrogen and oxygen atoms in total. The summed E-state index contributed by atoms with van der Waals surface area (Å²) in [5, 5.41) is 15.1. The summed E-state index contributed by atoms with van der Waals surface area (Å²) in [5.41, 5.74) is 3.87. The molecule has 1 N–H and O–H groups in total. The number of nitrogens with zero attached hydrogens (tertiary/aromatic N) is 3. The van der Waals surface area contributed by atoms with E-state index in [0.717, 1.165) is 22.3 Å². The molecule has 0 amide bonds. The van der Waals surface area contributed by atoms with Gasteiger partial charge in [0.15, 0.2) is 16.7 Å². The minimum Gasteiger partial charge on any atom is -0.497 e. The van der Waals surface area contributed by atoms with Crippen molar-refractivity contribution in [3.63, 3.8) is 0 Å². The number of hydrogen-bond donors (Lipinski definition) is 1. The van der Waals surface area contributed by atoms with Crippen molar-refractivity contribution in [3.8, 4) is 22.6 Å². The van der Waals surface area contributed by atoms with Crippen LogP contribution in [-0.2, 0) is 6.61 Å². The van der Waals surface area contributed by atoms with Crippen LogP contribution in [0, 0.1) is 6.92 Å². The fraction of sp³-hybridized carbons (Fsp3) is 0.125. The van der Waals surface area contributed by atoms with Crippen LogP contribution in [-0.4, -0.2) is 27.0 Å². The van der Waals surface area contributed by atoms with Crippen LogP contribution in [0.25, 0.3) is 38.9 Å². The summed E-state index contributed by atoms with van der Waals surface area (Å²) < 4.78 is 12.9. The molecule has 5 rings (SSSR count). The molecule has 0 aliphatic heterocycles. The Bertz CT molecular complexity index is 1470. The second kappa shape index (κ2) is 7.37. The van der Waals surface area contributed by atoms with Crippen LogP contribution in [0.4, 0.5) is 0 Å². The maximum absolute atomic E-state index is 12.9. The van der Waals surface area contributed by atoms with Crippen LogP contribution in [0.5, 0.6) is 5.75 Å². The predicted octanol–water partition coefficient (Wildman–Crippen LogP) is 4.00. The van der Waals surface area contributed by atoms with Gasteiger partial charge in [-0.15, -0.1) is 0 Å². The maximum Gasteiger partial charge on any atom is 0.211 e. The van der Waals surface area contributed by atoms with Crippen LogP contribution >= 0.6 is 0 Å². The second-order valence-electron chi connectivity index (χ2n) is 7.16. The lowest BCUT2D eigenvalue weighted by molar-refractivity contribution is 0.249. The third-order valence-electron chi connectivity index (χ3n) is 5.24. The summed E-state index contributed by atoms with van der Waals surface area (Å²) in [7, 11) is 1.61. The molecule has 3 aromatic heterocycles. The summed E-state index contributed by atoms with van der Waals surface area (Å²) in [6.45, 7) is 1.52. The highest BCUT2D eigenvalue weighted by Crippen LogP contribution is 2.37. The normalized spacial score (nSPS) is 11.3. The van der Waals surface area contributed by atoms with Gasteiger partial charge in [0.2, 0.25) is 5.43 Å². The Morgan fingerprint density at radius 1 is 1.10 bits per heavy atom. The Morgan fingerprint density at radius 2 is 1.84 bits per heavy atom. The Balaban J connectivity index is 1.95. The molecule has 31 heavy (non-hydrogen) atoms. The van der Waals surface area contributed by atoms with E-state index in [0.29, 0.717) is 22.5 Å². The van der Waals surface area contributed by atoms with Gasteiger partial charge < -0.3 is 14.3 Å². The molecule has 0 fully saturated rings. The number of aryl methyl sites for hydroxylation is 1. The Morgan fingerprint density at radius 3 is 2.52 bits per heavy atom. The molecule has 0 bridgehead atoms. The first-order valence-corrected chi connectivity index (χ1v) is 9.77. The molecule has 3 heterocycles. The zero-order valence-corrected chi connectivity index (χ0v) is 17.0. The summed E-state index contributed by atoms with van der Waals surface area (Å²) in [4.78, 5) is 17.5. The summed E-state index contributed by atoms with van der Waals surface area (Å²) in [5.74, 6) is 0.897. The molecule has 0 spiro atoms. The second-order valence-corrected chi connectivity index (χ2v) is 7.16. The molecule has 7 heteroatoms. The molecule has 154 valence electrons. The monoisotopic (exact) mass is 413 g/mol. The van der Waals surface area contributed by atoms with Gasteiger partial charge in [0, 0.05) is 11.6 Å². The number of aromatic nitrogens is 3. The topological polar surface area (TPSA) is 90.4 Å². The fourth-order valence-corrected chi connectivity index (χ4v) is 3.80. The van der Waals surface area contributed by atoms with E-state index in [1.165, 1.54) is 6.07 Å². The molecular weight excluding hydrogens is 394 g/mol. The number of rotatable bonds is 4. The first-order valence-electron chi connectivity index (χ1n) is 9.77. The van der Waals surface area contributed by atoms with Gasteiger partial charge in [0.1, 0.15) is 18.1 Å². The van der Waals surface area contributed by atoms with E-state index in [1.54, 1.807) is 11.8 Å². The van der Waals surface area contributed by atoms with E-state index < -0.39 is 0 Å². The molecular formula is C24H19N3O4. The SMILES string of the molecule is COc1ccc(-c2c3oc(CO)cc(=O)c3nc3c2c(C)nn3-c2ccccc2)cc1. The number of aliphatic hydroxyl groups is 1. The first kappa shape index (κ1) is 19.0.